The third-order valence-electron chi connectivity index (χ3n) is 4.75. The van der Waals surface area contributed by atoms with Crippen molar-refractivity contribution in [2.45, 2.75) is 6.92 Å². The number of benzene rings is 3. The van der Waals surface area contributed by atoms with Crippen LogP contribution in [0.1, 0.15) is 6.92 Å². The van der Waals surface area contributed by atoms with Gasteiger partial charge in [0.05, 0.1) is 25.6 Å². The molecular formula is C23H24N6O3. The number of hydrogen-bond donors (Lipinski definition) is 0. The highest BCUT2D eigenvalue weighted by molar-refractivity contribution is 5.66. The maximum absolute atomic E-state index is 10.5. The summed E-state index contributed by atoms with van der Waals surface area (Å²) in [7, 11) is 5.11. The van der Waals surface area contributed by atoms with Crippen LogP contribution < -0.4 is 14.4 Å². The Balaban J connectivity index is 1.85. The lowest BCUT2D eigenvalue weighted by atomic mass is 10.2. The Morgan fingerprint density at radius 2 is 1.16 bits per heavy atom. The minimum absolute atomic E-state index is 0.324. The van der Waals surface area contributed by atoms with Gasteiger partial charge in [0.2, 0.25) is 0 Å². The molecule has 9 nitrogen and oxygen atoms in total. The molecule has 9 heteroatoms. The Morgan fingerprint density at radius 3 is 1.56 bits per heavy atom. The van der Waals surface area contributed by atoms with E-state index < -0.39 is 0 Å². The number of rotatable bonds is 9. The van der Waals surface area contributed by atoms with Gasteiger partial charge in [0.25, 0.3) is 0 Å². The zero-order chi connectivity index (χ0) is 22.9. The average molecular weight is 432 g/mol. The lowest BCUT2D eigenvalue weighted by molar-refractivity contribution is 0.405. The van der Waals surface area contributed by atoms with Crippen molar-refractivity contribution in [1.29, 1.82) is 0 Å². The lowest BCUT2D eigenvalue weighted by Gasteiger charge is -2.16. The molecule has 32 heavy (non-hydrogen) atoms. The fraction of sp³-hybridized carbons (Fsp3) is 0.217. The van der Waals surface area contributed by atoms with Crippen LogP contribution in [0.5, 0.6) is 11.5 Å². The highest BCUT2D eigenvalue weighted by Crippen LogP contribution is 2.41. The molecule has 0 bridgehead atoms. The van der Waals surface area contributed by atoms with Crippen LogP contribution in [0, 0.1) is 4.91 Å². The van der Waals surface area contributed by atoms with Crippen LogP contribution in [0.4, 0.5) is 34.1 Å². The molecule has 0 spiro atoms. The van der Waals surface area contributed by atoms with Crippen molar-refractivity contribution in [2.75, 3.05) is 32.7 Å². The smallest absolute Gasteiger partial charge is 0.148 e. The standard InChI is InChI=1S/C23H24N6O3/c1-5-29(2)19-12-10-17(11-13-19)25-27-21-15-22(31-3)20(14-23(21)32-4)26-24-16-6-8-18(28-30)9-7-16/h6-15H,5H2,1-4H3. The van der Waals surface area contributed by atoms with Gasteiger partial charge < -0.3 is 14.4 Å². The number of nitroso groups, excluding NO2 is 1. The number of ether oxygens (including phenoxy) is 2. The monoisotopic (exact) mass is 432 g/mol. The summed E-state index contributed by atoms with van der Waals surface area (Å²) >= 11 is 0. The van der Waals surface area contributed by atoms with Crippen LogP contribution in [0.25, 0.3) is 0 Å². The van der Waals surface area contributed by atoms with Gasteiger partial charge in [-0.1, -0.05) is 0 Å². The average Bonchev–Trinajstić information content (AvgIpc) is 2.86. The van der Waals surface area contributed by atoms with Gasteiger partial charge >= 0.3 is 0 Å². The molecule has 0 aliphatic heterocycles. The molecule has 3 aromatic rings. The topological polar surface area (TPSA) is 101 Å². The van der Waals surface area contributed by atoms with Gasteiger partial charge in [-0.25, -0.2) is 0 Å². The fourth-order valence-corrected chi connectivity index (χ4v) is 2.78. The lowest BCUT2D eigenvalue weighted by Crippen LogP contribution is -2.15. The second kappa shape index (κ2) is 10.8. The molecule has 0 aromatic heterocycles. The first-order valence-corrected chi connectivity index (χ1v) is 9.92. The summed E-state index contributed by atoms with van der Waals surface area (Å²) in [6.07, 6.45) is 0. The van der Waals surface area contributed by atoms with E-state index in [0.29, 0.717) is 34.2 Å². The normalized spacial score (nSPS) is 11.1. The van der Waals surface area contributed by atoms with Crippen LogP contribution in [0.3, 0.4) is 0 Å². The predicted molar refractivity (Wildman–Crippen MR) is 125 cm³/mol. The zero-order valence-electron chi connectivity index (χ0n) is 18.4. The summed E-state index contributed by atoms with van der Waals surface area (Å²) in [5.74, 6) is 0.945. The van der Waals surface area contributed by atoms with E-state index in [-0.39, 0.29) is 0 Å². The van der Waals surface area contributed by atoms with E-state index in [1.165, 1.54) is 7.11 Å². The summed E-state index contributed by atoms with van der Waals surface area (Å²) in [4.78, 5) is 12.7. The molecule has 0 heterocycles. The molecule has 0 saturated carbocycles. The quantitative estimate of drug-likeness (QED) is 0.260. The SMILES string of the molecule is CCN(C)c1ccc(N=Nc2cc(OC)c(N=Nc3ccc(N=O)cc3)cc2OC)cc1. The van der Waals surface area contributed by atoms with Crippen LogP contribution in [-0.4, -0.2) is 27.8 Å². The summed E-state index contributed by atoms with van der Waals surface area (Å²) in [5.41, 5.74) is 3.69. The molecule has 0 unspecified atom stereocenters. The fourth-order valence-electron chi connectivity index (χ4n) is 2.78. The van der Waals surface area contributed by atoms with E-state index in [4.69, 9.17) is 9.47 Å². The van der Waals surface area contributed by atoms with Crippen molar-refractivity contribution in [3.05, 3.63) is 65.6 Å². The number of methoxy groups -OCH3 is 2. The molecule has 0 N–H and O–H groups in total. The Bertz CT molecular complexity index is 1110. The Labute approximate surface area is 186 Å². The third kappa shape index (κ3) is 5.51. The van der Waals surface area contributed by atoms with E-state index in [9.17, 15) is 4.91 Å². The van der Waals surface area contributed by atoms with Gasteiger partial charge in [-0.05, 0) is 60.6 Å². The van der Waals surface area contributed by atoms with Crippen molar-refractivity contribution >= 4 is 34.1 Å². The molecule has 164 valence electrons. The van der Waals surface area contributed by atoms with Crippen LogP contribution in [0.15, 0.2) is 86.3 Å². The highest BCUT2D eigenvalue weighted by atomic mass is 16.5. The van der Waals surface area contributed by atoms with Crippen molar-refractivity contribution < 1.29 is 9.47 Å². The summed E-state index contributed by atoms with van der Waals surface area (Å²) < 4.78 is 10.9. The molecule has 0 aliphatic carbocycles. The van der Waals surface area contributed by atoms with Crippen LogP contribution in [-0.2, 0) is 0 Å². The van der Waals surface area contributed by atoms with Crippen LogP contribution >= 0.6 is 0 Å². The van der Waals surface area contributed by atoms with Crippen molar-refractivity contribution in [3.8, 4) is 11.5 Å². The second-order valence-electron chi connectivity index (χ2n) is 6.73. The van der Waals surface area contributed by atoms with Gasteiger partial charge in [0, 0.05) is 31.4 Å². The summed E-state index contributed by atoms with van der Waals surface area (Å²) in [6, 6.07) is 17.6. The van der Waals surface area contributed by atoms with Gasteiger partial charge in [-0.3, -0.25) is 0 Å². The van der Waals surface area contributed by atoms with Crippen molar-refractivity contribution in [3.63, 3.8) is 0 Å². The first kappa shape index (κ1) is 22.5. The molecule has 0 atom stereocenters. The Kier molecular flexibility index (Phi) is 7.58. The van der Waals surface area contributed by atoms with Crippen LogP contribution in [0.2, 0.25) is 0 Å². The number of nitrogens with zero attached hydrogens (tertiary/aromatic N) is 6. The number of anilines is 1. The summed E-state index contributed by atoms with van der Waals surface area (Å²) in [5, 5.41) is 19.9. The van der Waals surface area contributed by atoms with E-state index in [1.807, 2.05) is 31.3 Å². The first-order chi connectivity index (χ1) is 15.6. The maximum atomic E-state index is 10.5. The molecule has 0 aliphatic rings. The van der Waals surface area contributed by atoms with E-state index >= 15 is 0 Å². The molecule has 3 rings (SSSR count). The van der Waals surface area contributed by atoms with E-state index in [1.54, 1.807) is 43.5 Å². The van der Waals surface area contributed by atoms with Gasteiger partial charge in [0.15, 0.2) is 0 Å². The number of azo groups is 2. The number of hydrogen-bond acceptors (Lipinski definition) is 9. The van der Waals surface area contributed by atoms with Gasteiger partial charge in [-0.2, -0.15) is 10.2 Å². The highest BCUT2D eigenvalue weighted by Gasteiger charge is 2.11. The Hall–Kier alpha value is -4.14. The van der Waals surface area contributed by atoms with Crippen molar-refractivity contribution in [1.82, 2.24) is 0 Å². The van der Waals surface area contributed by atoms with E-state index in [0.717, 1.165) is 17.9 Å². The Morgan fingerprint density at radius 1 is 0.719 bits per heavy atom. The zero-order valence-corrected chi connectivity index (χ0v) is 18.4. The molecule has 0 amide bonds. The first-order valence-electron chi connectivity index (χ1n) is 9.92. The van der Waals surface area contributed by atoms with Crippen molar-refractivity contribution in [2.24, 2.45) is 25.6 Å². The molecule has 0 saturated heterocycles. The minimum Gasteiger partial charge on any atom is -0.494 e. The maximum Gasteiger partial charge on any atom is 0.148 e. The van der Waals surface area contributed by atoms with E-state index in [2.05, 4.69) is 37.5 Å². The predicted octanol–water partition coefficient (Wildman–Crippen LogP) is 7.39. The molecule has 3 aromatic carbocycles. The largest absolute Gasteiger partial charge is 0.494 e. The second-order valence-corrected chi connectivity index (χ2v) is 6.73. The molecule has 0 fully saturated rings. The summed E-state index contributed by atoms with van der Waals surface area (Å²) in [6.45, 7) is 3.01. The van der Waals surface area contributed by atoms with Gasteiger partial charge in [0.1, 0.15) is 28.6 Å². The molecule has 0 radical (unpaired) electrons. The third-order valence-corrected chi connectivity index (χ3v) is 4.75. The molecular weight excluding hydrogens is 408 g/mol. The minimum atomic E-state index is 0.324. The van der Waals surface area contributed by atoms with Gasteiger partial charge in [-0.15, -0.1) is 15.1 Å².